The largest absolute Gasteiger partial charge is 0.482 e. The molecule has 0 saturated heterocycles. The van der Waals surface area contributed by atoms with E-state index in [1.807, 2.05) is 30.8 Å². The Morgan fingerprint density at radius 1 is 1.12 bits per heavy atom. The molecule has 2 bridgehead atoms. The van der Waals surface area contributed by atoms with Gasteiger partial charge in [-0.1, -0.05) is 0 Å². The van der Waals surface area contributed by atoms with Crippen LogP contribution in [0.5, 0.6) is 5.75 Å². The van der Waals surface area contributed by atoms with Crippen molar-refractivity contribution >= 4 is 13.6 Å². The number of phosphoric acid groups is 1. The Morgan fingerprint density at radius 2 is 1.90 bits per heavy atom. The lowest BCUT2D eigenvalue weighted by Gasteiger charge is -2.22. The predicted molar refractivity (Wildman–Crippen MR) is 150 cm³/mol. The van der Waals surface area contributed by atoms with Gasteiger partial charge in [0.2, 0.25) is 0 Å². The van der Waals surface area contributed by atoms with Crippen LogP contribution in [0.3, 0.4) is 0 Å². The molecule has 5 rings (SSSR count). The summed E-state index contributed by atoms with van der Waals surface area (Å²) in [6, 6.07) is 6.39. The summed E-state index contributed by atoms with van der Waals surface area (Å²) in [7, 11) is -1.99. The van der Waals surface area contributed by atoms with Crippen molar-refractivity contribution in [3.63, 3.8) is 0 Å². The fourth-order valence-electron chi connectivity index (χ4n) is 4.83. The van der Waals surface area contributed by atoms with Gasteiger partial charge in [-0.15, -0.1) is 0 Å². The Morgan fingerprint density at radius 3 is 2.63 bits per heavy atom. The smallest absolute Gasteiger partial charge is 0.476 e. The first-order chi connectivity index (χ1) is 19.7. The summed E-state index contributed by atoms with van der Waals surface area (Å²) in [6.45, 7) is 7.97. The summed E-state index contributed by atoms with van der Waals surface area (Å²) in [6.07, 6.45) is 3.37. The van der Waals surface area contributed by atoms with Gasteiger partial charge in [0.15, 0.2) is 11.6 Å². The highest BCUT2D eigenvalue weighted by Gasteiger charge is 2.27. The SMILES string of the molecule is CCOP(=O)(OCC)OCNc1ncc2cc1O[C@H](C)c1cc(F)ccc1-c1nn(C)nc1Cc1cnn(CC)c1-2. The fraction of sp³-hybridized carbons (Fsp3) is 0.407. The van der Waals surface area contributed by atoms with Crippen LogP contribution in [-0.2, 0) is 38.1 Å². The second kappa shape index (κ2) is 12.1. The number of benzene rings is 1. The number of hydrogen-bond donors (Lipinski definition) is 1. The van der Waals surface area contributed by atoms with Gasteiger partial charge in [-0.25, -0.2) is 13.9 Å². The summed E-state index contributed by atoms with van der Waals surface area (Å²) < 4.78 is 51.5. The van der Waals surface area contributed by atoms with Gasteiger partial charge < -0.3 is 10.1 Å². The van der Waals surface area contributed by atoms with Gasteiger partial charge in [0.05, 0.1) is 30.8 Å². The quantitative estimate of drug-likeness (QED) is 0.198. The zero-order valence-corrected chi connectivity index (χ0v) is 24.5. The van der Waals surface area contributed by atoms with E-state index in [9.17, 15) is 8.96 Å². The molecule has 4 aromatic rings. The minimum absolute atomic E-state index is 0.160. The van der Waals surface area contributed by atoms with E-state index in [2.05, 4.69) is 25.6 Å². The summed E-state index contributed by atoms with van der Waals surface area (Å²) in [4.78, 5) is 6.13. The Balaban J connectivity index is 1.60. The highest BCUT2D eigenvalue weighted by molar-refractivity contribution is 7.48. The fourth-order valence-corrected chi connectivity index (χ4v) is 5.91. The molecule has 1 aromatic carbocycles. The first-order valence-electron chi connectivity index (χ1n) is 13.4. The molecule has 0 spiro atoms. The van der Waals surface area contributed by atoms with Crippen LogP contribution in [0.25, 0.3) is 22.5 Å². The Kier molecular flexibility index (Phi) is 8.50. The summed E-state index contributed by atoms with van der Waals surface area (Å²) in [5, 5.41) is 16.9. The number of ether oxygens (including phenoxy) is 1. The van der Waals surface area contributed by atoms with E-state index >= 15 is 0 Å². The van der Waals surface area contributed by atoms with Crippen molar-refractivity contribution in [2.45, 2.75) is 46.8 Å². The van der Waals surface area contributed by atoms with Crippen LogP contribution >= 0.6 is 7.82 Å². The third-order valence-corrected chi connectivity index (χ3v) is 8.12. The van der Waals surface area contributed by atoms with Crippen molar-refractivity contribution < 1.29 is 27.3 Å². The van der Waals surface area contributed by atoms with Gasteiger partial charge in [0.25, 0.3) is 0 Å². The number of phosphoric ester groups is 1. The van der Waals surface area contributed by atoms with Crippen molar-refractivity contribution in [1.29, 1.82) is 0 Å². The zero-order valence-electron chi connectivity index (χ0n) is 23.6. The maximum absolute atomic E-state index is 14.5. The van der Waals surface area contributed by atoms with Crippen LogP contribution in [0.1, 0.15) is 50.6 Å². The highest BCUT2D eigenvalue weighted by atomic mass is 31.2. The van der Waals surface area contributed by atoms with Gasteiger partial charge in [0.1, 0.15) is 24.3 Å². The van der Waals surface area contributed by atoms with Gasteiger partial charge in [-0.2, -0.15) is 20.1 Å². The molecular weight excluding hydrogens is 552 g/mol. The van der Waals surface area contributed by atoms with Crippen LogP contribution in [0, 0.1) is 5.82 Å². The molecule has 1 atom stereocenters. The molecule has 0 aliphatic carbocycles. The normalized spacial score (nSPS) is 14.7. The molecule has 3 aromatic heterocycles. The molecule has 14 heteroatoms. The third-order valence-electron chi connectivity index (χ3n) is 6.53. The molecule has 0 amide bonds. The van der Waals surface area contributed by atoms with Crippen molar-refractivity contribution in [1.82, 2.24) is 29.8 Å². The number of anilines is 1. The summed E-state index contributed by atoms with van der Waals surface area (Å²) >= 11 is 0. The number of nitrogens with one attached hydrogen (secondary N) is 1. The number of fused-ring (bicyclic) bond motifs is 7. The van der Waals surface area contributed by atoms with Crippen LogP contribution in [-0.4, -0.2) is 49.7 Å². The molecule has 1 aliphatic rings. The third kappa shape index (κ3) is 6.03. The summed E-state index contributed by atoms with van der Waals surface area (Å²) in [5.74, 6) is 0.315. The Bertz CT molecular complexity index is 1580. The average Bonchev–Trinajstić information content (AvgIpc) is 3.51. The molecule has 41 heavy (non-hydrogen) atoms. The Hall–Kier alpha value is -3.64. The number of halogens is 1. The van der Waals surface area contributed by atoms with Crippen LogP contribution in [0.2, 0.25) is 0 Å². The van der Waals surface area contributed by atoms with E-state index in [-0.39, 0.29) is 19.9 Å². The lowest BCUT2D eigenvalue weighted by atomic mass is 9.96. The van der Waals surface area contributed by atoms with E-state index in [1.54, 1.807) is 33.2 Å². The molecule has 218 valence electrons. The molecule has 0 saturated carbocycles. The van der Waals surface area contributed by atoms with Crippen LogP contribution in [0.15, 0.2) is 36.7 Å². The monoisotopic (exact) mass is 585 g/mol. The number of aromatic nitrogens is 6. The molecule has 1 N–H and O–H groups in total. The van der Waals surface area contributed by atoms with Crippen LogP contribution in [0.4, 0.5) is 10.2 Å². The van der Waals surface area contributed by atoms with Gasteiger partial charge >= 0.3 is 7.82 Å². The molecule has 0 radical (unpaired) electrons. The topological polar surface area (TPSA) is 127 Å². The average molecular weight is 586 g/mol. The maximum Gasteiger partial charge on any atom is 0.476 e. The number of nitrogens with zero attached hydrogens (tertiary/aromatic N) is 6. The van der Waals surface area contributed by atoms with E-state index in [0.717, 1.165) is 22.5 Å². The zero-order chi connectivity index (χ0) is 29.1. The molecule has 4 heterocycles. The lowest BCUT2D eigenvalue weighted by Crippen LogP contribution is -2.13. The van der Waals surface area contributed by atoms with Crippen LogP contribution < -0.4 is 10.1 Å². The Labute approximate surface area is 237 Å². The molecular formula is C27H33FN7O5P. The van der Waals surface area contributed by atoms with Crippen molar-refractivity contribution in [3.8, 4) is 28.3 Å². The minimum atomic E-state index is -3.75. The highest BCUT2D eigenvalue weighted by Crippen LogP contribution is 2.49. The second-order valence-electron chi connectivity index (χ2n) is 9.29. The molecule has 1 aliphatic heterocycles. The van der Waals surface area contributed by atoms with Gasteiger partial charge in [0, 0.05) is 48.5 Å². The minimum Gasteiger partial charge on any atom is -0.482 e. The molecule has 0 fully saturated rings. The van der Waals surface area contributed by atoms with E-state index in [0.29, 0.717) is 41.4 Å². The molecule has 12 nitrogen and oxygen atoms in total. The molecule has 0 unspecified atom stereocenters. The predicted octanol–water partition coefficient (Wildman–Crippen LogP) is 5.51. The second-order valence-corrected chi connectivity index (χ2v) is 11.0. The van der Waals surface area contributed by atoms with Crippen molar-refractivity contribution in [2.75, 3.05) is 25.3 Å². The number of pyridine rings is 1. The lowest BCUT2D eigenvalue weighted by molar-refractivity contribution is 0.127. The van der Waals surface area contributed by atoms with E-state index in [4.69, 9.17) is 18.3 Å². The van der Waals surface area contributed by atoms with Gasteiger partial charge in [-0.3, -0.25) is 18.3 Å². The standard InChI is InChI=1S/C27H33FN7O5P/c1-6-35-26-18(15-31-35)11-23-25(33-34(5)32-23)21-10-9-20(28)13-22(21)17(4)40-24-12-19(26)14-29-27(24)30-16-39-41(36,37-7-2)38-8-3/h9-10,12-15,17H,6-8,11,16H2,1-5H3,(H,29,30)/t17-/m1/s1. The maximum atomic E-state index is 14.5. The van der Waals surface area contributed by atoms with Gasteiger partial charge in [-0.05, 0) is 52.0 Å². The van der Waals surface area contributed by atoms with E-state index in [1.165, 1.54) is 16.9 Å². The summed E-state index contributed by atoms with van der Waals surface area (Å²) in [5.41, 5.74) is 5.26. The number of hydrogen-bond acceptors (Lipinski definition) is 10. The van der Waals surface area contributed by atoms with Crippen molar-refractivity contribution in [3.05, 3.63) is 59.3 Å². The first kappa shape index (κ1) is 28.9. The number of aryl methyl sites for hydroxylation is 2. The number of rotatable bonds is 9. The first-order valence-corrected chi connectivity index (χ1v) is 14.9. The van der Waals surface area contributed by atoms with Crippen molar-refractivity contribution in [2.24, 2.45) is 7.05 Å². The van der Waals surface area contributed by atoms with E-state index < -0.39 is 19.7 Å².